The Bertz CT molecular complexity index is 226. The number of carbonyl (C=O) groups excluding carboxylic acids is 1. The van der Waals surface area contributed by atoms with Crippen molar-refractivity contribution < 1.29 is 19.0 Å². The van der Waals surface area contributed by atoms with E-state index >= 15 is 0 Å². The van der Waals surface area contributed by atoms with Gasteiger partial charge in [-0.2, -0.15) is 0 Å². The second-order valence-electron chi connectivity index (χ2n) is 5.24. The zero-order valence-electron chi connectivity index (χ0n) is 13.0. The fraction of sp³-hybridized carbons (Fsp3) is 0.933. The first-order valence-corrected chi connectivity index (χ1v) is 7.37. The number of esters is 1. The smallest absolute Gasteiger partial charge is 0.311 e. The predicted molar refractivity (Wildman–Crippen MR) is 76.2 cm³/mol. The van der Waals surface area contributed by atoms with Gasteiger partial charge in [-0.25, -0.2) is 0 Å². The first kappa shape index (κ1) is 18.4. The van der Waals surface area contributed by atoms with Gasteiger partial charge in [0.1, 0.15) is 6.61 Å². The molecule has 0 fully saturated rings. The van der Waals surface area contributed by atoms with Gasteiger partial charge < -0.3 is 14.2 Å². The summed E-state index contributed by atoms with van der Waals surface area (Å²) < 4.78 is 15.8. The normalized spacial score (nSPS) is 11.6. The van der Waals surface area contributed by atoms with Crippen LogP contribution in [0.3, 0.4) is 0 Å². The van der Waals surface area contributed by atoms with E-state index in [1.807, 2.05) is 27.7 Å². The molecule has 0 spiro atoms. The molecule has 0 rings (SSSR count). The van der Waals surface area contributed by atoms with E-state index < -0.39 is 0 Å². The summed E-state index contributed by atoms with van der Waals surface area (Å²) in [6.45, 7) is 11.0. The highest BCUT2D eigenvalue weighted by molar-refractivity contribution is 5.75. The lowest BCUT2D eigenvalue weighted by atomic mass is 9.91. The summed E-state index contributed by atoms with van der Waals surface area (Å²) in [7, 11) is 0. The second kappa shape index (κ2) is 11.2. The topological polar surface area (TPSA) is 44.8 Å². The Morgan fingerprint density at radius 3 is 2.11 bits per heavy atom. The lowest BCUT2D eigenvalue weighted by molar-refractivity contribution is -0.155. The minimum Gasteiger partial charge on any atom is -0.463 e. The lowest BCUT2D eigenvalue weighted by Crippen LogP contribution is -2.27. The van der Waals surface area contributed by atoms with E-state index in [1.165, 1.54) is 0 Å². The van der Waals surface area contributed by atoms with Crippen LogP contribution in [0.25, 0.3) is 0 Å². The molecule has 114 valence electrons. The molecule has 0 saturated carbocycles. The van der Waals surface area contributed by atoms with Gasteiger partial charge >= 0.3 is 5.97 Å². The van der Waals surface area contributed by atoms with Gasteiger partial charge in [-0.3, -0.25) is 4.79 Å². The number of unbranched alkanes of at least 4 members (excludes halogenated alkanes) is 2. The molecule has 0 unspecified atom stereocenters. The van der Waals surface area contributed by atoms with E-state index in [1.54, 1.807) is 0 Å². The minimum absolute atomic E-state index is 0.143. The Kier molecular flexibility index (Phi) is 10.9. The number of rotatable bonds is 12. The van der Waals surface area contributed by atoms with Crippen LogP contribution in [-0.4, -0.2) is 39.0 Å². The molecule has 0 saturated heterocycles. The molecule has 0 radical (unpaired) electrons. The standard InChI is InChI=1S/C15H30O4/c1-5-15(3,4)14(16)19-13-12-18-11-9-7-8-10-17-6-2/h5-13H2,1-4H3. The van der Waals surface area contributed by atoms with Crippen molar-refractivity contribution in [1.82, 2.24) is 0 Å². The van der Waals surface area contributed by atoms with Crippen molar-refractivity contribution in [2.75, 3.05) is 33.0 Å². The molecule has 0 N–H and O–H groups in total. The molecule has 0 aliphatic carbocycles. The van der Waals surface area contributed by atoms with E-state index in [0.29, 0.717) is 13.2 Å². The Hall–Kier alpha value is -0.610. The third-order valence-corrected chi connectivity index (χ3v) is 3.18. The molecule has 0 bridgehead atoms. The molecule has 0 heterocycles. The summed E-state index contributed by atoms with van der Waals surface area (Å²) in [6, 6.07) is 0. The van der Waals surface area contributed by atoms with Crippen molar-refractivity contribution >= 4 is 5.97 Å². The number of carbonyl (C=O) groups is 1. The van der Waals surface area contributed by atoms with Crippen molar-refractivity contribution in [2.24, 2.45) is 5.41 Å². The van der Waals surface area contributed by atoms with Crippen LogP contribution in [0.1, 0.15) is 53.4 Å². The Morgan fingerprint density at radius 2 is 1.53 bits per heavy atom. The van der Waals surface area contributed by atoms with Crippen molar-refractivity contribution in [3.8, 4) is 0 Å². The van der Waals surface area contributed by atoms with Gasteiger partial charge in [-0.15, -0.1) is 0 Å². The van der Waals surface area contributed by atoms with E-state index in [9.17, 15) is 4.79 Å². The van der Waals surface area contributed by atoms with Gasteiger partial charge in [0.15, 0.2) is 0 Å². The van der Waals surface area contributed by atoms with Crippen molar-refractivity contribution in [2.45, 2.75) is 53.4 Å². The molecule has 0 aliphatic heterocycles. The second-order valence-corrected chi connectivity index (χ2v) is 5.24. The van der Waals surface area contributed by atoms with Gasteiger partial charge in [0.2, 0.25) is 0 Å². The average Bonchev–Trinajstić information content (AvgIpc) is 2.40. The van der Waals surface area contributed by atoms with E-state index in [2.05, 4.69) is 0 Å². The number of hydrogen-bond donors (Lipinski definition) is 0. The predicted octanol–water partition coefficient (Wildman–Crippen LogP) is 3.19. The zero-order chi connectivity index (χ0) is 14.6. The summed E-state index contributed by atoms with van der Waals surface area (Å²) in [6.07, 6.45) is 4.01. The van der Waals surface area contributed by atoms with Crippen LogP contribution in [-0.2, 0) is 19.0 Å². The van der Waals surface area contributed by atoms with Gasteiger partial charge in [-0.1, -0.05) is 6.92 Å². The lowest BCUT2D eigenvalue weighted by Gasteiger charge is -2.20. The van der Waals surface area contributed by atoms with Crippen LogP contribution >= 0.6 is 0 Å². The molecule has 0 aromatic rings. The van der Waals surface area contributed by atoms with Crippen LogP contribution in [0.15, 0.2) is 0 Å². The molecular weight excluding hydrogens is 244 g/mol. The fourth-order valence-corrected chi connectivity index (χ4v) is 1.36. The van der Waals surface area contributed by atoms with Gasteiger partial charge in [0, 0.05) is 19.8 Å². The maximum absolute atomic E-state index is 11.6. The van der Waals surface area contributed by atoms with Gasteiger partial charge in [0.05, 0.1) is 12.0 Å². The minimum atomic E-state index is -0.390. The van der Waals surface area contributed by atoms with Gasteiger partial charge in [-0.05, 0) is 46.5 Å². The van der Waals surface area contributed by atoms with E-state index in [-0.39, 0.29) is 11.4 Å². The zero-order valence-corrected chi connectivity index (χ0v) is 13.0. The quantitative estimate of drug-likeness (QED) is 0.405. The Labute approximate surface area is 117 Å². The SMILES string of the molecule is CCOCCCCCOCCOC(=O)C(C)(C)CC. The highest BCUT2D eigenvalue weighted by Gasteiger charge is 2.26. The summed E-state index contributed by atoms with van der Waals surface area (Å²) in [5, 5.41) is 0. The van der Waals surface area contributed by atoms with Crippen molar-refractivity contribution in [3.63, 3.8) is 0 Å². The maximum atomic E-state index is 11.6. The van der Waals surface area contributed by atoms with Crippen LogP contribution in [0.2, 0.25) is 0 Å². The largest absolute Gasteiger partial charge is 0.463 e. The first-order chi connectivity index (χ1) is 9.04. The summed E-state index contributed by atoms with van der Waals surface area (Å²) >= 11 is 0. The summed E-state index contributed by atoms with van der Waals surface area (Å²) in [5.74, 6) is -0.143. The van der Waals surface area contributed by atoms with E-state index in [0.717, 1.165) is 45.5 Å². The summed E-state index contributed by atoms with van der Waals surface area (Å²) in [5.41, 5.74) is -0.390. The maximum Gasteiger partial charge on any atom is 0.311 e. The monoisotopic (exact) mass is 274 g/mol. The number of ether oxygens (including phenoxy) is 3. The fourth-order valence-electron chi connectivity index (χ4n) is 1.36. The molecule has 0 amide bonds. The highest BCUT2D eigenvalue weighted by atomic mass is 16.6. The molecule has 0 atom stereocenters. The van der Waals surface area contributed by atoms with Crippen LogP contribution in [0.4, 0.5) is 0 Å². The van der Waals surface area contributed by atoms with Crippen LogP contribution in [0, 0.1) is 5.41 Å². The van der Waals surface area contributed by atoms with Gasteiger partial charge in [0.25, 0.3) is 0 Å². The van der Waals surface area contributed by atoms with Crippen LogP contribution < -0.4 is 0 Å². The molecular formula is C15H30O4. The molecule has 19 heavy (non-hydrogen) atoms. The van der Waals surface area contributed by atoms with Crippen LogP contribution in [0.5, 0.6) is 0 Å². The molecule has 0 aliphatic rings. The third-order valence-electron chi connectivity index (χ3n) is 3.18. The first-order valence-electron chi connectivity index (χ1n) is 7.37. The van der Waals surface area contributed by atoms with Crippen molar-refractivity contribution in [1.29, 1.82) is 0 Å². The average molecular weight is 274 g/mol. The molecule has 0 aromatic heterocycles. The Balaban J connectivity index is 3.30. The molecule has 4 heteroatoms. The summed E-state index contributed by atoms with van der Waals surface area (Å²) in [4.78, 5) is 11.6. The number of hydrogen-bond acceptors (Lipinski definition) is 4. The highest BCUT2D eigenvalue weighted by Crippen LogP contribution is 2.21. The van der Waals surface area contributed by atoms with E-state index in [4.69, 9.17) is 14.2 Å². The van der Waals surface area contributed by atoms with Crippen molar-refractivity contribution in [3.05, 3.63) is 0 Å². The third kappa shape index (κ3) is 9.91. The Morgan fingerprint density at radius 1 is 0.895 bits per heavy atom. The molecule has 4 nitrogen and oxygen atoms in total. The molecule has 0 aromatic carbocycles.